The Morgan fingerprint density at radius 1 is 0.113 bits per heavy atom. The molecule has 0 N–H and O–H groups in total. The molecule has 0 unspecified atom stereocenters. The molecule has 0 radical (unpaired) electrons. The van der Waals surface area contributed by atoms with Gasteiger partial charge in [-0.1, -0.05) is 255 Å². The lowest BCUT2D eigenvalue weighted by Crippen LogP contribution is -2.01. The Hall–Kier alpha value is -16.8. The fourth-order valence-corrected chi connectivity index (χ4v) is 18.5. The van der Waals surface area contributed by atoms with Gasteiger partial charge in [-0.3, -0.25) is 0 Å². The van der Waals surface area contributed by atoms with Crippen molar-refractivity contribution in [1.29, 1.82) is 0 Å². The van der Waals surface area contributed by atoms with Crippen molar-refractivity contribution in [3.05, 3.63) is 437 Å². The van der Waals surface area contributed by atoms with E-state index in [1.165, 1.54) is 43.1 Å². The van der Waals surface area contributed by atoms with Gasteiger partial charge in [-0.25, -0.2) is 29.9 Å². The zero-order valence-electron chi connectivity index (χ0n) is 67.0. The summed E-state index contributed by atoms with van der Waals surface area (Å²) in [7, 11) is 0. The maximum atomic E-state index is 5.37. The van der Waals surface area contributed by atoms with E-state index in [0.717, 1.165) is 156 Å². The molecule has 24 aromatic rings. The summed E-state index contributed by atoms with van der Waals surface area (Å²) in [6.45, 7) is 0. The van der Waals surface area contributed by atoms with Gasteiger partial charge in [0.1, 0.15) is 0 Å². The molecule has 0 aliphatic rings. The van der Waals surface area contributed by atoms with Crippen molar-refractivity contribution in [3.8, 4) is 147 Å². The highest BCUT2D eigenvalue weighted by molar-refractivity contribution is 6.12. The summed E-state index contributed by atoms with van der Waals surface area (Å²) in [5.74, 6) is 3.40. The highest BCUT2D eigenvalue weighted by Gasteiger charge is 2.23. The largest absolute Gasteiger partial charge is 0.309 e. The molecule has 0 saturated heterocycles. The molecule has 10 nitrogen and oxygen atoms in total. The summed E-state index contributed by atoms with van der Waals surface area (Å²) >= 11 is 0. The van der Waals surface area contributed by atoms with Crippen LogP contribution in [0, 0.1) is 0 Å². The summed E-state index contributed by atoms with van der Waals surface area (Å²) < 4.78 is 9.35. The second-order valence-corrected chi connectivity index (χ2v) is 31.8. The fourth-order valence-electron chi connectivity index (χ4n) is 18.5. The molecule has 6 heterocycles. The summed E-state index contributed by atoms with van der Waals surface area (Å²) in [6, 6.07) is 156. The third-order valence-corrected chi connectivity index (χ3v) is 24.5. The molecular formula is C114H72N10. The van der Waals surface area contributed by atoms with E-state index in [0.29, 0.717) is 34.9 Å². The van der Waals surface area contributed by atoms with Crippen LogP contribution in [0.3, 0.4) is 0 Å². The fraction of sp³-hybridized carbons (Fsp3) is 0. The van der Waals surface area contributed by atoms with Crippen LogP contribution in [-0.2, 0) is 0 Å². The Morgan fingerprint density at radius 3 is 0.435 bits per heavy atom. The first-order chi connectivity index (χ1) is 61.4. The molecule has 0 atom stereocenters. The molecule has 6 aromatic heterocycles. The molecule has 0 aliphatic carbocycles. The quantitative estimate of drug-likeness (QED) is 0.101. The molecule has 0 fully saturated rings. The smallest absolute Gasteiger partial charge is 0.164 e. The van der Waals surface area contributed by atoms with Crippen molar-refractivity contribution in [3.63, 3.8) is 0 Å². The third-order valence-electron chi connectivity index (χ3n) is 24.5. The van der Waals surface area contributed by atoms with Crippen molar-refractivity contribution >= 4 is 87.2 Å². The summed E-state index contributed by atoms with van der Waals surface area (Å²) in [6.07, 6.45) is 0. The number of hydrogen-bond acceptors (Lipinski definition) is 6. The second-order valence-electron chi connectivity index (χ2n) is 31.8. The van der Waals surface area contributed by atoms with Gasteiger partial charge >= 0.3 is 0 Å². The molecule has 10 heteroatoms. The first-order valence-corrected chi connectivity index (χ1v) is 41.9. The van der Waals surface area contributed by atoms with Crippen LogP contribution < -0.4 is 0 Å². The van der Waals surface area contributed by atoms with E-state index in [2.05, 4.69) is 455 Å². The number of fused-ring (bicyclic) bond motifs is 12. The molecule has 0 aliphatic heterocycles. The van der Waals surface area contributed by atoms with Gasteiger partial charge in [0.05, 0.1) is 44.1 Å². The standard InChI is InChI=1S/C114H72N10/c1-3-23-73(24-4-1)83-67-84(74-25-5-2-6-26-74)70-87(69-83)88-71-85(75-43-47-77(48-44-75)109-115-111(79-51-59-89(60-52-79)121-101-35-15-7-27-93(101)94-28-8-16-36-102(94)121)119-112(116-109)80-53-61-90(62-54-80)122-103-37-17-9-29-95(103)96-30-10-18-38-104(96)122)68-86(72-88)76-45-49-78(50-46-76)110-117-113(81-55-63-91(64-56-81)123-105-39-19-11-31-97(105)98-32-12-20-40-106(98)123)120-114(118-110)82-57-65-92(66-58-82)124-107-41-21-13-33-99(107)100-34-14-22-42-108(100)124/h1-72H. The van der Waals surface area contributed by atoms with E-state index < -0.39 is 0 Å². The maximum Gasteiger partial charge on any atom is 0.164 e. The Bertz CT molecular complexity index is 7250. The minimum absolute atomic E-state index is 0.560. The summed E-state index contributed by atoms with van der Waals surface area (Å²) in [5.41, 5.74) is 29.4. The Balaban J connectivity index is 0.621. The lowest BCUT2D eigenvalue weighted by molar-refractivity contribution is 1.07. The van der Waals surface area contributed by atoms with Gasteiger partial charge in [0, 0.05) is 99.2 Å². The molecule has 24 rings (SSSR count). The van der Waals surface area contributed by atoms with Gasteiger partial charge in [0.15, 0.2) is 34.9 Å². The van der Waals surface area contributed by atoms with Crippen LogP contribution in [0.5, 0.6) is 0 Å². The highest BCUT2D eigenvalue weighted by atomic mass is 15.1. The van der Waals surface area contributed by atoms with Gasteiger partial charge in [-0.2, -0.15) is 0 Å². The van der Waals surface area contributed by atoms with Crippen molar-refractivity contribution in [2.75, 3.05) is 0 Å². The molecule has 578 valence electrons. The zero-order valence-corrected chi connectivity index (χ0v) is 67.0. The normalized spacial score (nSPS) is 11.7. The minimum atomic E-state index is 0.560. The van der Waals surface area contributed by atoms with Gasteiger partial charge in [-0.05, 0) is 238 Å². The minimum Gasteiger partial charge on any atom is -0.309 e. The van der Waals surface area contributed by atoms with E-state index in [-0.39, 0.29) is 0 Å². The number of hydrogen-bond donors (Lipinski definition) is 0. The zero-order chi connectivity index (χ0) is 81.7. The van der Waals surface area contributed by atoms with Crippen LogP contribution in [0.4, 0.5) is 0 Å². The van der Waals surface area contributed by atoms with E-state index in [1.807, 2.05) is 0 Å². The van der Waals surface area contributed by atoms with Crippen LogP contribution in [0.25, 0.3) is 234 Å². The molecule has 18 aromatic carbocycles. The van der Waals surface area contributed by atoms with Crippen molar-refractivity contribution in [2.24, 2.45) is 0 Å². The van der Waals surface area contributed by atoms with Crippen LogP contribution >= 0.6 is 0 Å². The monoisotopic (exact) mass is 1580 g/mol. The SMILES string of the molecule is c1ccc(-c2cc(-c3ccccc3)cc(-c3cc(-c4ccc(-c5nc(-c6ccc(-n7c8ccccc8c8ccccc87)cc6)nc(-c6ccc(-n7c8ccccc8c8ccccc87)cc6)n5)cc4)cc(-c4ccc(-c5nc(-c6ccc(-n7c8ccccc8c8ccccc87)cc6)nc(-c6ccc(-n7c8ccccc8c8ccccc87)cc6)n5)cc4)c3)c2)cc1. The number of nitrogens with zero attached hydrogens (tertiary/aromatic N) is 10. The lowest BCUT2D eigenvalue weighted by Gasteiger charge is -2.15. The number of para-hydroxylation sites is 8. The number of aromatic nitrogens is 10. The maximum absolute atomic E-state index is 5.37. The molecule has 0 spiro atoms. The average Bonchev–Trinajstić information content (AvgIpc) is 1.60. The lowest BCUT2D eigenvalue weighted by atomic mass is 9.89. The van der Waals surface area contributed by atoms with Gasteiger partial charge in [-0.15, -0.1) is 0 Å². The van der Waals surface area contributed by atoms with E-state index in [1.54, 1.807) is 0 Å². The molecular weight excluding hydrogens is 1510 g/mol. The van der Waals surface area contributed by atoms with Crippen molar-refractivity contribution < 1.29 is 0 Å². The van der Waals surface area contributed by atoms with Crippen molar-refractivity contribution in [2.45, 2.75) is 0 Å². The van der Waals surface area contributed by atoms with Gasteiger partial charge in [0.25, 0.3) is 0 Å². The van der Waals surface area contributed by atoms with Crippen LogP contribution in [0.2, 0.25) is 0 Å². The highest BCUT2D eigenvalue weighted by Crippen LogP contribution is 2.43. The summed E-state index contributed by atoms with van der Waals surface area (Å²) in [4.78, 5) is 32.2. The molecule has 0 bridgehead atoms. The Morgan fingerprint density at radius 2 is 0.250 bits per heavy atom. The topological polar surface area (TPSA) is 97.1 Å². The van der Waals surface area contributed by atoms with Crippen LogP contribution in [0.1, 0.15) is 0 Å². The predicted octanol–water partition coefficient (Wildman–Crippen LogP) is 28.8. The Kier molecular flexibility index (Phi) is 17.0. The molecule has 0 saturated carbocycles. The molecule has 124 heavy (non-hydrogen) atoms. The first kappa shape index (κ1) is 71.3. The first-order valence-electron chi connectivity index (χ1n) is 41.9. The van der Waals surface area contributed by atoms with Gasteiger partial charge < -0.3 is 18.3 Å². The number of rotatable bonds is 15. The summed E-state index contributed by atoms with van der Waals surface area (Å²) in [5, 5.41) is 9.68. The van der Waals surface area contributed by atoms with E-state index in [4.69, 9.17) is 29.9 Å². The second kappa shape index (κ2) is 29.6. The van der Waals surface area contributed by atoms with E-state index in [9.17, 15) is 0 Å². The van der Waals surface area contributed by atoms with Crippen LogP contribution in [0.15, 0.2) is 437 Å². The van der Waals surface area contributed by atoms with Crippen molar-refractivity contribution in [1.82, 2.24) is 48.2 Å². The van der Waals surface area contributed by atoms with Gasteiger partial charge in [0.2, 0.25) is 0 Å². The van der Waals surface area contributed by atoms with Crippen LogP contribution in [-0.4, -0.2) is 48.2 Å². The van der Waals surface area contributed by atoms with E-state index >= 15 is 0 Å². The number of benzene rings is 18. The predicted molar refractivity (Wildman–Crippen MR) is 510 cm³/mol. The average molecular weight is 1580 g/mol. The molecule has 0 amide bonds. The third kappa shape index (κ3) is 12.4. The Labute approximate surface area is 714 Å².